The number of nitrogens with zero attached hydrogens (tertiary/aromatic N) is 2. The molecule has 1 aromatic rings. The molecule has 1 atom stereocenters. The van der Waals surface area contributed by atoms with Crippen LogP contribution in [-0.4, -0.2) is 9.55 Å². The lowest BCUT2D eigenvalue weighted by Crippen LogP contribution is -2.13. The van der Waals surface area contributed by atoms with Gasteiger partial charge in [0.2, 0.25) is 0 Å². The van der Waals surface area contributed by atoms with Crippen LogP contribution < -0.4 is 0 Å². The minimum absolute atomic E-state index is 0.587. The summed E-state index contributed by atoms with van der Waals surface area (Å²) in [6, 6.07) is 0.587. The van der Waals surface area contributed by atoms with Crippen LogP contribution in [0.5, 0.6) is 0 Å². The van der Waals surface area contributed by atoms with E-state index in [1.54, 1.807) is 0 Å². The first-order valence-corrected chi connectivity index (χ1v) is 21.8. The Bertz CT molecular complexity index is 679. The first kappa shape index (κ1) is 43.2. The Morgan fingerprint density at radius 1 is 0.413 bits per heavy atom. The molecule has 0 aromatic carbocycles. The molecule has 0 aliphatic rings. The number of imidazole rings is 1. The Kier molecular flexibility index (Phi) is 32.0. The van der Waals surface area contributed by atoms with Gasteiger partial charge >= 0.3 is 0 Å². The van der Waals surface area contributed by atoms with Crippen molar-refractivity contribution in [3.05, 3.63) is 18.2 Å². The molecule has 0 amide bonds. The molecular formula is C44H86N2. The summed E-state index contributed by atoms with van der Waals surface area (Å²) >= 11 is 0. The smallest absolute Gasteiger partial charge is 0.111 e. The van der Waals surface area contributed by atoms with E-state index in [9.17, 15) is 0 Å². The van der Waals surface area contributed by atoms with Crippen LogP contribution in [0.25, 0.3) is 0 Å². The second kappa shape index (κ2) is 34.1. The highest BCUT2D eigenvalue weighted by Crippen LogP contribution is 2.31. The van der Waals surface area contributed by atoms with Gasteiger partial charge in [-0.1, -0.05) is 226 Å². The maximum Gasteiger partial charge on any atom is 0.111 e. The molecule has 0 N–H and O–H groups in total. The van der Waals surface area contributed by atoms with Gasteiger partial charge in [0.1, 0.15) is 5.82 Å². The van der Waals surface area contributed by atoms with Crippen LogP contribution in [0.2, 0.25) is 0 Å². The second-order valence-electron chi connectivity index (χ2n) is 15.4. The van der Waals surface area contributed by atoms with Crippen LogP contribution in [0.1, 0.15) is 270 Å². The number of hydrogen-bond donors (Lipinski definition) is 0. The molecule has 1 unspecified atom stereocenters. The summed E-state index contributed by atoms with van der Waals surface area (Å²) in [5, 5.41) is 0. The molecule has 1 aromatic heterocycles. The van der Waals surface area contributed by atoms with Crippen LogP contribution in [0, 0.1) is 0 Å². The Labute approximate surface area is 291 Å². The molecule has 272 valence electrons. The quantitative estimate of drug-likeness (QED) is 0.0660. The van der Waals surface area contributed by atoms with Gasteiger partial charge in [-0.15, -0.1) is 0 Å². The van der Waals surface area contributed by atoms with Crippen LogP contribution in [-0.2, 0) is 0 Å². The average molecular weight is 643 g/mol. The summed E-state index contributed by atoms with van der Waals surface area (Å²) in [5.41, 5.74) is 0. The van der Waals surface area contributed by atoms with E-state index in [0.717, 1.165) is 0 Å². The monoisotopic (exact) mass is 643 g/mol. The average Bonchev–Trinajstić information content (AvgIpc) is 3.56. The third kappa shape index (κ3) is 25.3. The predicted octanol–water partition coefficient (Wildman–Crippen LogP) is 16.2. The van der Waals surface area contributed by atoms with Crippen LogP contribution in [0.15, 0.2) is 12.4 Å². The second-order valence-corrected chi connectivity index (χ2v) is 15.4. The molecule has 0 aliphatic heterocycles. The molecule has 0 fully saturated rings. The summed E-state index contributed by atoms with van der Waals surface area (Å²) in [4.78, 5) is 5.03. The molecule has 2 heteroatoms. The molecule has 0 spiro atoms. The lowest BCUT2D eigenvalue weighted by Gasteiger charge is -2.22. The largest absolute Gasteiger partial charge is 0.332 e. The molecule has 0 saturated carbocycles. The minimum Gasteiger partial charge on any atom is -0.332 e. The number of unbranched alkanes of at least 4 members (excludes halogenated alkanes) is 29. The highest BCUT2D eigenvalue weighted by Gasteiger charge is 2.19. The van der Waals surface area contributed by atoms with Gasteiger partial charge in [0.05, 0.1) is 0 Å². The van der Waals surface area contributed by atoms with Gasteiger partial charge in [0, 0.05) is 24.4 Å². The Balaban J connectivity index is 2.37. The highest BCUT2D eigenvalue weighted by atomic mass is 15.1. The van der Waals surface area contributed by atoms with Crippen molar-refractivity contribution >= 4 is 0 Å². The molecule has 1 rings (SSSR count). The van der Waals surface area contributed by atoms with Gasteiger partial charge in [-0.2, -0.15) is 0 Å². The van der Waals surface area contributed by atoms with Crippen molar-refractivity contribution in [3.8, 4) is 0 Å². The number of hydrogen-bond acceptors (Lipinski definition) is 1. The zero-order chi connectivity index (χ0) is 33.2. The maximum absolute atomic E-state index is 5.03. The first-order valence-electron chi connectivity index (χ1n) is 21.8. The van der Waals surface area contributed by atoms with Crippen molar-refractivity contribution in [2.24, 2.45) is 0 Å². The van der Waals surface area contributed by atoms with Crippen LogP contribution >= 0.6 is 0 Å². The van der Waals surface area contributed by atoms with Crippen LogP contribution in [0.3, 0.4) is 0 Å². The van der Waals surface area contributed by atoms with E-state index < -0.39 is 0 Å². The zero-order valence-corrected chi connectivity index (χ0v) is 32.5. The van der Waals surface area contributed by atoms with Crippen molar-refractivity contribution in [2.75, 3.05) is 0 Å². The molecule has 0 aliphatic carbocycles. The SMILES string of the molecule is CCCCCCCCCCCCCCCC(CCCCCCCCCCCCCCC)c1nccn1C(C)CCCCCCCC. The predicted molar refractivity (Wildman–Crippen MR) is 208 cm³/mol. The van der Waals surface area contributed by atoms with E-state index in [-0.39, 0.29) is 0 Å². The van der Waals surface area contributed by atoms with Gasteiger partial charge in [0.25, 0.3) is 0 Å². The van der Waals surface area contributed by atoms with Crippen LogP contribution in [0.4, 0.5) is 0 Å². The van der Waals surface area contributed by atoms with E-state index in [4.69, 9.17) is 4.98 Å². The third-order valence-electron chi connectivity index (χ3n) is 10.8. The van der Waals surface area contributed by atoms with E-state index >= 15 is 0 Å². The van der Waals surface area contributed by atoms with E-state index in [2.05, 4.69) is 44.7 Å². The molecule has 0 saturated heterocycles. The van der Waals surface area contributed by atoms with Crippen molar-refractivity contribution in [1.29, 1.82) is 0 Å². The fraction of sp³-hybridized carbons (Fsp3) is 0.932. The van der Waals surface area contributed by atoms with Gasteiger partial charge in [-0.25, -0.2) is 4.98 Å². The number of aromatic nitrogens is 2. The molecule has 46 heavy (non-hydrogen) atoms. The number of rotatable bonds is 37. The fourth-order valence-electron chi connectivity index (χ4n) is 7.59. The van der Waals surface area contributed by atoms with Gasteiger partial charge in [0.15, 0.2) is 0 Å². The summed E-state index contributed by atoms with van der Waals surface area (Å²) in [7, 11) is 0. The summed E-state index contributed by atoms with van der Waals surface area (Å²) < 4.78 is 2.58. The van der Waals surface area contributed by atoms with E-state index in [1.807, 2.05) is 0 Å². The molecule has 1 heterocycles. The lowest BCUT2D eigenvalue weighted by atomic mass is 9.92. The molecular weight excluding hydrogens is 556 g/mol. The topological polar surface area (TPSA) is 17.8 Å². The summed E-state index contributed by atoms with van der Waals surface area (Å²) in [6.07, 6.45) is 54.2. The summed E-state index contributed by atoms with van der Waals surface area (Å²) in [5.74, 6) is 2.07. The van der Waals surface area contributed by atoms with Crippen molar-refractivity contribution in [1.82, 2.24) is 9.55 Å². The standard InChI is InChI=1S/C44H86N2/c1-5-8-11-14-17-19-21-23-25-27-29-32-35-38-43(39-36-33-30-28-26-24-22-20-18-15-12-9-6-2)44-45-40-41-46(44)42(4)37-34-31-16-13-10-7-3/h40-43H,5-39H2,1-4H3. The Morgan fingerprint density at radius 2 is 0.696 bits per heavy atom. The normalized spacial score (nSPS) is 12.5. The van der Waals surface area contributed by atoms with Crippen molar-refractivity contribution in [3.63, 3.8) is 0 Å². The van der Waals surface area contributed by atoms with Gasteiger partial charge in [-0.3, -0.25) is 0 Å². The Hall–Kier alpha value is -0.790. The Morgan fingerprint density at radius 3 is 1.02 bits per heavy atom. The van der Waals surface area contributed by atoms with Crippen molar-refractivity contribution in [2.45, 2.75) is 264 Å². The molecule has 0 bridgehead atoms. The summed E-state index contributed by atoms with van der Waals surface area (Å²) in [6.45, 7) is 9.39. The lowest BCUT2D eigenvalue weighted by molar-refractivity contribution is 0.412. The molecule has 0 radical (unpaired) electrons. The first-order chi connectivity index (χ1) is 22.7. The van der Waals surface area contributed by atoms with E-state index in [1.165, 1.54) is 231 Å². The highest BCUT2D eigenvalue weighted by molar-refractivity contribution is 5.02. The maximum atomic E-state index is 5.03. The third-order valence-corrected chi connectivity index (χ3v) is 10.8. The van der Waals surface area contributed by atoms with Gasteiger partial charge in [-0.05, 0) is 26.2 Å². The van der Waals surface area contributed by atoms with Crippen molar-refractivity contribution < 1.29 is 0 Å². The van der Waals surface area contributed by atoms with Gasteiger partial charge < -0.3 is 4.57 Å². The van der Waals surface area contributed by atoms with E-state index in [0.29, 0.717) is 12.0 Å². The fourth-order valence-corrected chi connectivity index (χ4v) is 7.59. The minimum atomic E-state index is 0.587. The zero-order valence-electron chi connectivity index (χ0n) is 32.5. The molecule has 2 nitrogen and oxygen atoms in total.